The predicted molar refractivity (Wildman–Crippen MR) is 116 cm³/mol. The van der Waals surface area contributed by atoms with Gasteiger partial charge in [0.2, 0.25) is 4.73 Å². The molecule has 0 saturated carbocycles. The first-order valence-electron chi connectivity index (χ1n) is 8.24. The molecule has 3 aromatic carbocycles. The van der Waals surface area contributed by atoms with Crippen molar-refractivity contribution in [3.8, 4) is 0 Å². The first-order valence-corrected chi connectivity index (χ1v) is 10.5. The number of thiocarbonyl (C=S) groups is 1. The van der Waals surface area contributed by atoms with Crippen LogP contribution in [0.4, 0.5) is 0 Å². The summed E-state index contributed by atoms with van der Waals surface area (Å²) < 4.78 is 0.886. The first kappa shape index (κ1) is 17.5. The van der Waals surface area contributed by atoms with Crippen LogP contribution in [0.1, 0.15) is 5.56 Å². The van der Waals surface area contributed by atoms with Crippen molar-refractivity contribution >= 4 is 40.9 Å². The average molecular weight is 362 g/mol. The Morgan fingerprint density at radius 1 is 0.760 bits per heavy atom. The van der Waals surface area contributed by atoms with Gasteiger partial charge in [-0.2, -0.15) is 0 Å². The van der Waals surface area contributed by atoms with Crippen molar-refractivity contribution in [2.45, 2.75) is 0 Å². The Morgan fingerprint density at radius 3 is 1.64 bits per heavy atom. The van der Waals surface area contributed by atoms with Gasteiger partial charge in [0.05, 0.1) is 5.82 Å². The fourth-order valence-corrected chi connectivity index (χ4v) is 6.98. The summed E-state index contributed by atoms with van der Waals surface area (Å²) in [6.45, 7) is 0. The SMILES string of the molecule is CNC(=S)[P+](/C=C/c1ccccc1)(c1ccccc1)c1ccccc1. The lowest BCUT2D eigenvalue weighted by molar-refractivity contribution is 1.23. The van der Waals surface area contributed by atoms with Gasteiger partial charge in [0, 0.05) is 7.05 Å². The molecule has 124 valence electrons. The summed E-state index contributed by atoms with van der Waals surface area (Å²) in [7, 11) is -0.102. The van der Waals surface area contributed by atoms with Gasteiger partial charge in [-0.15, -0.1) is 0 Å². The lowest BCUT2D eigenvalue weighted by Crippen LogP contribution is -2.32. The molecule has 1 nitrogen and oxygen atoms in total. The highest BCUT2D eigenvalue weighted by Crippen LogP contribution is 2.59. The van der Waals surface area contributed by atoms with Crippen LogP contribution >= 0.6 is 19.5 Å². The number of hydrogen-bond acceptors (Lipinski definition) is 1. The smallest absolute Gasteiger partial charge is 0.236 e. The Labute approximate surface area is 155 Å². The molecule has 0 aliphatic rings. The number of benzene rings is 3. The third-order valence-electron chi connectivity index (χ3n) is 4.15. The van der Waals surface area contributed by atoms with E-state index in [0.29, 0.717) is 0 Å². The van der Waals surface area contributed by atoms with Crippen LogP contribution in [0.15, 0.2) is 96.8 Å². The minimum absolute atomic E-state index is 0.886. The molecule has 0 fully saturated rings. The predicted octanol–water partition coefficient (Wildman–Crippen LogP) is 4.83. The van der Waals surface area contributed by atoms with Gasteiger partial charge in [-0.1, -0.05) is 66.7 Å². The van der Waals surface area contributed by atoms with Crippen LogP contribution in [0.2, 0.25) is 0 Å². The zero-order valence-electron chi connectivity index (χ0n) is 14.2. The topological polar surface area (TPSA) is 12.0 Å². The van der Waals surface area contributed by atoms with Gasteiger partial charge in [-0.05, 0) is 48.1 Å². The molecular formula is C22H21NPS+. The van der Waals surface area contributed by atoms with E-state index in [1.807, 2.05) is 25.2 Å². The summed E-state index contributed by atoms with van der Waals surface area (Å²) in [6.07, 6.45) is 2.19. The van der Waals surface area contributed by atoms with Gasteiger partial charge in [0.1, 0.15) is 10.6 Å². The summed E-state index contributed by atoms with van der Waals surface area (Å²) in [5, 5.41) is 5.78. The quantitative estimate of drug-likeness (QED) is 0.515. The monoisotopic (exact) mass is 362 g/mol. The van der Waals surface area contributed by atoms with E-state index >= 15 is 0 Å². The summed E-state index contributed by atoms with van der Waals surface area (Å²) in [6, 6.07) is 31.5. The highest BCUT2D eigenvalue weighted by Gasteiger charge is 2.45. The molecule has 3 heteroatoms. The van der Waals surface area contributed by atoms with E-state index in [4.69, 9.17) is 12.2 Å². The molecule has 0 atom stereocenters. The zero-order chi connectivity index (χ0) is 17.5. The van der Waals surface area contributed by atoms with E-state index in [0.717, 1.165) is 4.73 Å². The minimum atomic E-state index is -2.02. The van der Waals surface area contributed by atoms with E-state index < -0.39 is 7.26 Å². The van der Waals surface area contributed by atoms with E-state index in [-0.39, 0.29) is 0 Å². The van der Waals surface area contributed by atoms with Crippen molar-refractivity contribution in [1.82, 2.24) is 5.32 Å². The minimum Gasteiger partial charge on any atom is -0.350 e. The second-order valence-electron chi connectivity index (χ2n) is 5.68. The molecule has 0 aliphatic carbocycles. The largest absolute Gasteiger partial charge is 0.350 e. The number of nitrogens with one attached hydrogen (secondary N) is 1. The first-order chi connectivity index (χ1) is 12.3. The standard InChI is InChI=1S/C22H20NPS/c1-23-22(25)24(20-13-7-3-8-14-20,21-15-9-4-10-16-21)18-17-19-11-5-2-6-12-19/h2-18H,1H3/p+1/b18-17+. The lowest BCUT2D eigenvalue weighted by atomic mass is 10.2. The molecule has 0 unspecified atom stereocenters. The third kappa shape index (κ3) is 3.71. The van der Waals surface area contributed by atoms with E-state index in [9.17, 15) is 0 Å². The Morgan fingerprint density at radius 2 is 1.20 bits per heavy atom. The number of hydrogen-bond donors (Lipinski definition) is 1. The molecule has 3 aromatic rings. The molecule has 0 bridgehead atoms. The van der Waals surface area contributed by atoms with Gasteiger partial charge in [0.15, 0.2) is 7.26 Å². The third-order valence-corrected chi connectivity index (χ3v) is 8.91. The van der Waals surface area contributed by atoms with Crippen molar-refractivity contribution in [2.75, 3.05) is 7.05 Å². The molecule has 1 N–H and O–H groups in total. The van der Waals surface area contributed by atoms with Crippen molar-refractivity contribution in [3.63, 3.8) is 0 Å². The maximum atomic E-state index is 5.86. The maximum absolute atomic E-state index is 5.86. The summed E-state index contributed by atoms with van der Waals surface area (Å²) >= 11 is 5.86. The van der Waals surface area contributed by atoms with Crippen LogP contribution < -0.4 is 15.9 Å². The normalized spacial score (nSPS) is 11.4. The van der Waals surface area contributed by atoms with Gasteiger partial charge in [-0.25, -0.2) is 0 Å². The van der Waals surface area contributed by atoms with E-state index in [1.54, 1.807) is 0 Å². The molecule has 0 spiro atoms. The lowest BCUT2D eigenvalue weighted by Gasteiger charge is -2.23. The fourth-order valence-electron chi connectivity index (χ4n) is 2.89. The van der Waals surface area contributed by atoms with Gasteiger partial charge >= 0.3 is 0 Å². The van der Waals surface area contributed by atoms with Gasteiger partial charge in [-0.3, -0.25) is 0 Å². The summed E-state index contributed by atoms with van der Waals surface area (Å²) in [5.41, 5.74) is 1.18. The van der Waals surface area contributed by atoms with Crippen LogP contribution in [0.5, 0.6) is 0 Å². The summed E-state index contributed by atoms with van der Waals surface area (Å²) in [5.74, 6) is 2.31. The molecule has 0 amide bonds. The molecule has 0 aliphatic heterocycles. The Kier molecular flexibility index (Phi) is 5.75. The molecular weight excluding hydrogens is 341 g/mol. The Balaban J connectivity index is 2.22. The van der Waals surface area contributed by atoms with E-state index in [2.05, 4.69) is 90.0 Å². The highest BCUT2D eigenvalue weighted by atomic mass is 32.1. The summed E-state index contributed by atoms with van der Waals surface area (Å²) in [4.78, 5) is 0. The Hall–Kier alpha value is -2.28. The van der Waals surface area contributed by atoms with Crippen molar-refractivity contribution in [1.29, 1.82) is 0 Å². The van der Waals surface area contributed by atoms with Crippen LogP contribution in [0, 0.1) is 0 Å². The molecule has 25 heavy (non-hydrogen) atoms. The molecule has 0 aromatic heterocycles. The molecule has 0 heterocycles. The van der Waals surface area contributed by atoms with E-state index in [1.165, 1.54) is 16.2 Å². The highest BCUT2D eigenvalue weighted by molar-refractivity contribution is 8.15. The molecule has 3 rings (SSSR count). The van der Waals surface area contributed by atoms with Crippen LogP contribution in [-0.4, -0.2) is 11.8 Å². The zero-order valence-corrected chi connectivity index (χ0v) is 15.9. The Bertz CT molecular complexity index is 805. The molecule has 0 radical (unpaired) electrons. The van der Waals surface area contributed by atoms with Gasteiger partial charge in [0.25, 0.3) is 0 Å². The van der Waals surface area contributed by atoms with Crippen LogP contribution in [-0.2, 0) is 0 Å². The number of rotatable bonds is 5. The van der Waals surface area contributed by atoms with Crippen LogP contribution in [0.3, 0.4) is 0 Å². The van der Waals surface area contributed by atoms with Crippen LogP contribution in [0.25, 0.3) is 6.08 Å². The second-order valence-corrected chi connectivity index (χ2v) is 9.61. The fraction of sp³-hybridized carbons (Fsp3) is 0.0455. The molecule has 0 saturated heterocycles. The van der Waals surface area contributed by atoms with Crippen molar-refractivity contribution < 1.29 is 0 Å². The average Bonchev–Trinajstić information content (AvgIpc) is 2.70. The maximum Gasteiger partial charge on any atom is 0.236 e. The van der Waals surface area contributed by atoms with Crippen molar-refractivity contribution in [2.24, 2.45) is 0 Å². The van der Waals surface area contributed by atoms with Crippen molar-refractivity contribution in [3.05, 3.63) is 102 Å². The van der Waals surface area contributed by atoms with Gasteiger partial charge < -0.3 is 5.32 Å². The second kappa shape index (κ2) is 8.20.